The number of hydrogen-bond donors (Lipinski definition) is 1. The van der Waals surface area contributed by atoms with Gasteiger partial charge in [-0.3, -0.25) is 9.59 Å². The summed E-state index contributed by atoms with van der Waals surface area (Å²) in [5.41, 5.74) is 1.05. The minimum atomic E-state index is -0.412. The third-order valence-corrected chi connectivity index (χ3v) is 2.15. The van der Waals surface area contributed by atoms with Crippen molar-refractivity contribution in [2.24, 2.45) is 0 Å². The van der Waals surface area contributed by atoms with E-state index in [1.54, 1.807) is 0 Å². The zero-order valence-corrected chi connectivity index (χ0v) is 8.99. The van der Waals surface area contributed by atoms with Crippen LogP contribution in [0, 0.1) is 0 Å². The van der Waals surface area contributed by atoms with Crippen molar-refractivity contribution in [1.82, 2.24) is 5.32 Å². The first-order chi connectivity index (χ1) is 7.09. The van der Waals surface area contributed by atoms with Crippen LogP contribution in [0.2, 0.25) is 0 Å². The number of rotatable bonds is 4. The number of nitrogens with one attached hydrogen (secondary N) is 1. The van der Waals surface area contributed by atoms with Crippen LogP contribution in [0.5, 0.6) is 0 Å². The van der Waals surface area contributed by atoms with Crippen LogP contribution in [-0.2, 0) is 16.0 Å². The molecule has 0 spiro atoms. The Labute approximate surface area is 89.5 Å². The van der Waals surface area contributed by atoms with Gasteiger partial charge in [-0.15, -0.1) is 0 Å². The molecule has 0 aliphatic carbocycles. The molecule has 0 fully saturated rings. The lowest BCUT2D eigenvalue weighted by molar-refractivity contribution is -0.125. The van der Waals surface area contributed by atoms with Gasteiger partial charge in [0.25, 0.3) is 0 Å². The Kier molecular flexibility index (Phi) is 4.03. The second-order valence-electron chi connectivity index (χ2n) is 3.55. The monoisotopic (exact) mass is 205 g/mol. The standard InChI is InChI=1S/C12H15NO2/c1-9(14)12(13-10(2)15)8-11-6-4-3-5-7-11/h3-7,12H,8H2,1-2H3,(H,13,15)/t12-/m0/s1. The summed E-state index contributed by atoms with van der Waals surface area (Å²) in [6, 6.07) is 9.23. The summed E-state index contributed by atoms with van der Waals surface area (Å²) < 4.78 is 0. The molecule has 0 heterocycles. The highest BCUT2D eigenvalue weighted by molar-refractivity contribution is 5.86. The molecular weight excluding hydrogens is 190 g/mol. The van der Waals surface area contributed by atoms with E-state index in [1.165, 1.54) is 13.8 Å². The van der Waals surface area contributed by atoms with Crippen molar-refractivity contribution < 1.29 is 9.59 Å². The number of carbonyl (C=O) groups is 2. The molecule has 0 aromatic heterocycles. The molecule has 1 N–H and O–H groups in total. The van der Waals surface area contributed by atoms with Gasteiger partial charge < -0.3 is 5.32 Å². The van der Waals surface area contributed by atoms with Gasteiger partial charge in [-0.2, -0.15) is 0 Å². The number of hydrogen-bond acceptors (Lipinski definition) is 2. The van der Waals surface area contributed by atoms with E-state index in [9.17, 15) is 9.59 Å². The van der Waals surface area contributed by atoms with Crippen LogP contribution in [0.3, 0.4) is 0 Å². The molecule has 1 aromatic carbocycles. The van der Waals surface area contributed by atoms with Gasteiger partial charge in [-0.1, -0.05) is 30.3 Å². The molecule has 0 bridgehead atoms. The fourth-order valence-corrected chi connectivity index (χ4v) is 1.39. The van der Waals surface area contributed by atoms with E-state index in [0.717, 1.165) is 5.56 Å². The highest BCUT2D eigenvalue weighted by Gasteiger charge is 2.15. The Morgan fingerprint density at radius 3 is 2.27 bits per heavy atom. The van der Waals surface area contributed by atoms with Crippen LogP contribution in [-0.4, -0.2) is 17.7 Å². The SMILES string of the molecule is CC(=O)N[C@@H](Cc1ccccc1)C(C)=O. The smallest absolute Gasteiger partial charge is 0.217 e. The molecule has 0 aliphatic heterocycles. The summed E-state index contributed by atoms with van der Waals surface area (Å²) in [5, 5.41) is 2.64. The maximum atomic E-state index is 11.3. The number of ketones is 1. The molecule has 1 amide bonds. The van der Waals surface area contributed by atoms with E-state index in [-0.39, 0.29) is 11.7 Å². The largest absolute Gasteiger partial charge is 0.346 e. The number of carbonyl (C=O) groups excluding carboxylic acids is 2. The van der Waals surface area contributed by atoms with E-state index in [2.05, 4.69) is 5.32 Å². The zero-order valence-electron chi connectivity index (χ0n) is 8.99. The normalized spacial score (nSPS) is 11.9. The number of benzene rings is 1. The van der Waals surface area contributed by atoms with Crippen LogP contribution in [0.4, 0.5) is 0 Å². The highest BCUT2D eigenvalue weighted by Crippen LogP contribution is 2.03. The Morgan fingerprint density at radius 1 is 1.20 bits per heavy atom. The molecule has 0 saturated carbocycles. The Bertz CT molecular complexity index is 346. The van der Waals surface area contributed by atoms with Crippen LogP contribution in [0.25, 0.3) is 0 Å². The van der Waals surface area contributed by atoms with E-state index in [0.29, 0.717) is 6.42 Å². The lowest BCUT2D eigenvalue weighted by Gasteiger charge is -2.14. The predicted octanol–water partition coefficient (Wildman–Crippen LogP) is 1.32. The first-order valence-electron chi connectivity index (χ1n) is 4.91. The van der Waals surface area contributed by atoms with Gasteiger partial charge in [-0.05, 0) is 18.9 Å². The van der Waals surface area contributed by atoms with E-state index >= 15 is 0 Å². The summed E-state index contributed by atoms with van der Waals surface area (Å²) in [7, 11) is 0. The first kappa shape index (κ1) is 11.4. The molecule has 0 unspecified atom stereocenters. The molecule has 1 rings (SSSR count). The van der Waals surface area contributed by atoms with Crippen molar-refractivity contribution in [3.63, 3.8) is 0 Å². The highest BCUT2D eigenvalue weighted by atomic mass is 16.2. The van der Waals surface area contributed by atoms with Gasteiger partial charge in [0.15, 0.2) is 5.78 Å². The van der Waals surface area contributed by atoms with E-state index in [4.69, 9.17) is 0 Å². The lowest BCUT2D eigenvalue weighted by Crippen LogP contribution is -2.40. The maximum Gasteiger partial charge on any atom is 0.217 e. The molecule has 0 radical (unpaired) electrons. The van der Waals surface area contributed by atoms with Crippen molar-refractivity contribution >= 4 is 11.7 Å². The van der Waals surface area contributed by atoms with Gasteiger partial charge in [0, 0.05) is 6.92 Å². The summed E-state index contributed by atoms with van der Waals surface area (Å²) in [6.45, 7) is 2.91. The summed E-state index contributed by atoms with van der Waals surface area (Å²) in [5.74, 6) is -0.194. The Hall–Kier alpha value is -1.64. The van der Waals surface area contributed by atoms with Crippen molar-refractivity contribution in [1.29, 1.82) is 0 Å². The van der Waals surface area contributed by atoms with Crippen LogP contribution in [0.15, 0.2) is 30.3 Å². The molecule has 0 aliphatic rings. The minimum absolute atomic E-state index is 0.0194. The summed E-state index contributed by atoms with van der Waals surface area (Å²) >= 11 is 0. The van der Waals surface area contributed by atoms with Gasteiger partial charge in [0.05, 0.1) is 6.04 Å². The second-order valence-corrected chi connectivity index (χ2v) is 3.55. The number of amides is 1. The number of Topliss-reactive ketones (excluding diaryl/α,β-unsaturated/α-hetero) is 1. The van der Waals surface area contributed by atoms with Crippen molar-refractivity contribution in [2.45, 2.75) is 26.3 Å². The Balaban J connectivity index is 2.67. The van der Waals surface area contributed by atoms with Crippen molar-refractivity contribution in [3.8, 4) is 0 Å². The fourth-order valence-electron chi connectivity index (χ4n) is 1.39. The van der Waals surface area contributed by atoms with E-state index < -0.39 is 6.04 Å². The van der Waals surface area contributed by atoms with Gasteiger partial charge in [-0.25, -0.2) is 0 Å². The quantitative estimate of drug-likeness (QED) is 0.805. The van der Waals surface area contributed by atoms with Gasteiger partial charge in [0.1, 0.15) is 0 Å². The summed E-state index contributed by atoms with van der Waals surface area (Å²) in [6.07, 6.45) is 0.551. The molecular formula is C12H15NO2. The molecule has 1 aromatic rings. The molecule has 0 saturated heterocycles. The van der Waals surface area contributed by atoms with Crippen LogP contribution >= 0.6 is 0 Å². The molecule has 3 nitrogen and oxygen atoms in total. The van der Waals surface area contributed by atoms with Crippen molar-refractivity contribution in [3.05, 3.63) is 35.9 Å². The van der Waals surface area contributed by atoms with Gasteiger partial charge >= 0.3 is 0 Å². The summed E-state index contributed by atoms with van der Waals surface area (Å²) in [4.78, 5) is 22.2. The van der Waals surface area contributed by atoms with Crippen LogP contribution < -0.4 is 5.32 Å². The minimum Gasteiger partial charge on any atom is -0.346 e. The maximum absolute atomic E-state index is 11.3. The molecule has 15 heavy (non-hydrogen) atoms. The van der Waals surface area contributed by atoms with Crippen molar-refractivity contribution in [2.75, 3.05) is 0 Å². The third kappa shape index (κ3) is 3.94. The average Bonchev–Trinajstić information content (AvgIpc) is 2.17. The average molecular weight is 205 g/mol. The van der Waals surface area contributed by atoms with Crippen LogP contribution in [0.1, 0.15) is 19.4 Å². The molecule has 1 atom stereocenters. The first-order valence-corrected chi connectivity index (χ1v) is 4.91. The topological polar surface area (TPSA) is 46.2 Å². The molecule has 3 heteroatoms. The third-order valence-electron chi connectivity index (χ3n) is 2.15. The predicted molar refractivity (Wildman–Crippen MR) is 58.4 cm³/mol. The molecule has 80 valence electrons. The van der Waals surface area contributed by atoms with E-state index in [1.807, 2.05) is 30.3 Å². The van der Waals surface area contributed by atoms with Gasteiger partial charge in [0.2, 0.25) is 5.91 Å². The fraction of sp³-hybridized carbons (Fsp3) is 0.333. The lowest BCUT2D eigenvalue weighted by atomic mass is 10.0. The zero-order chi connectivity index (χ0) is 11.3. The second kappa shape index (κ2) is 5.29. The Morgan fingerprint density at radius 2 is 1.80 bits per heavy atom.